The smallest absolute Gasteiger partial charge is 0.315 e. The molecule has 0 saturated heterocycles. The highest BCUT2D eigenvalue weighted by Crippen LogP contribution is 2.13. The van der Waals surface area contributed by atoms with E-state index in [0.29, 0.717) is 6.42 Å². The second-order valence-corrected chi connectivity index (χ2v) is 6.20. The topological polar surface area (TPSA) is 66.4 Å². The van der Waals surface area contributed by atoms with Crippen LogP contribution in [0, 0.1) is 5.92 Å². The molecule has 22 heavy (non-hydrogen) atoms. The van der Waals surface area contributed by atoms with Gasteiger partial charge in [-0.15, -0.1) is 0 Å². The summed E-state index contributed by atoms with van der Waals surface area (Å²) in [7, 11) is 1.67. The Morgan fingerprint density at radius 2 is 1.32 bits per heavy atom. The fourth-order valence-corrected chi connectivity index (χ4v) is 2.68. The maximum Gasteiger partial charge on any atom is 0.315 e. The molecule has 0 aliphatic carbocycles. The monoisotopic (exact) mass is 313 g/mol. The molecule has 0 heterocycles. The van der Waals surface area contributed by atoms with Crippen LogP contribution in [-0.4, -0.2) is 30.5 Å². The standard InChI is InChI=1S/C18H35NO3/c1-3-4-5-6-7-8-9-10-11-12-13-14-17(20)16(15-19-2)18(21)22/h16,19H,3-15H2,1-2H3,(H,21,22). The normalized spacial score (nSPS) is 12.3. The van der Waals surface area contributed by atoms with E-state index in [2.05, 4.69) is 12.2 Å². The number of carboxylic acids is 1. The molecule has 0 saturated carbocycles. The minimum atomic E-state index is -1.01. The van der Waals surface area contributed by atoms with E-state index in [1.54, 1.807) is 7.05 Å². The van der Waals surface area contributed by atoms with Crippen molar-refractivity contribution < 1.29 is 14.7 Å². The number of rotatable bonds is 16. The van der Waals surface area contributed by atoms with Gasteiger partial charge in [0.05, 0.1) is 0 Å². The first-order chi connectivity index (χ1) is 10.6. The fourth-order valence-electron chi connectivity index (χ4n) is 2.68. The molecular formula is C18H35NO3. The van der Waals surface area contributed by atoms with Crippen molar-refractivity contribution in [2.75, 3.05) is 13.6 Å². The van der Waals surface area contributed by atoms with E-state index < -0.39 is 11.9 Å². The predicted molar refractivity (Wildman–Crippen MR) is 91.1 cm³/mol. The average molecular weight is 313 g/mol. The van der Waals surface area contributed by atoms with Crippen molar-refractivity contribution in [1.29, 1.82) is 0 Å². The summed E-state index contributed by atoms with van der Waals surface area (Å²) in [6, 6.07) is 0. The molecule has 0 spiro atoms. The van der Waals surface area contributed by atoms with Gasteiger partial charge in [-0.2, -0.15) is 0 Å². The maximum absolute atomic E-state index is 11.8. The van der Waals surface area contributed by atoms with E-state index >= 15 is 0 Å². The zero-order chi connectivity index (χ0) is 16.6. The summed E-state index contributed by atoms with van der Waals surface area (Å²) in [4.78, 5) is 22.8. The van der Waals surface area contributed by atoms with Gasteiger partial charge >= 0.3 is 5.97 Å². The van der Waals surface area contributed by atoms with Crippen molar-refractivity contribution in [1.82, 2.24) is 5.32 Å². The van der Waals surface area contributed by atoms with Crippen molar-refractivity contribution >= 4 is 11.8 Å². The lowest BCUT2D eigenvalue weighted by Crippen LogP contribution is -2.32. The fraction of sp³-hybridized carbons (Fsp3) is 0.889. The zero-order valence-electron chi connectivity index (χ0n) is 14.5. The van der Waals surface area contributed by atoms with Crippen LogP contribution in [0.4, 0.5) is 0 Å². The second kappa shape index (κ2) is 15.0. The van der Waals surface area contributed by atoms with Gasteiger partial charge in [0.15, 0.2) is 0 Å². The number of aliphatic carboxylic acids is 1. The highest BCUT2D eigenvalue weighted by atomic mass is 16.4. The Bertz CT molecular complexity index is 292. The van der Waals surface area contributed by atoms with Crippen molar-refractivity contribution in [3.05, 3.63) is 0 Å². The van der Waals surface area contributed by atoms with E-state index in [1.807, 2.05) is 0 Å². The first-order valence-electron chi connectivity index (χ1n) is 9.03. The number of carbonyl (C=O) groups excluding carboxylic acids is 1. The van der Waals surface area contributed by atoms with Crippen LogP contribution in [0.1, 0.15) is 84.0 Å². The third-order valence-electron chi connectivity index (χ3n) is 4.12. The molecule has 1 atom stereocenters. The van der Waals surface area contributed by atoms with Crippen molar-refractivity contribution in [2.24, 2.45) is 5.92 Å². The van der Waals surface area contributed by atoms with E-state index in [-0.39, 0.29) is 12.3 Å². The quantitative estimate of drug-likeness (QED) is 0.331. The highest BCUT2D eigenvalue weighted by molar-refractivity contribution is 5.98. The van der Waals surface area contributed by atoms with Gasteiger partial charge in [0.25, 0.3) is 0 Å². The van der Waals surface area contributed by atoms with Gasteiger partial charge in [0.2, 0.25) is 0 Å². The van der Waals surface area contributed by atoms with Gasteiger partial charge in [-0.3, -0.25) is 9.59 Å². The van der Waals surface area contributed by atoms with Crippen LogP contribution >= 0.6 is 0 Å². The number of carbonyl (C=O) groups is 2. The van der Waals surface area contributed by atoms with E-state index in [1.165, 1.54) is 51.4 Å². The van der Waals surface area contributed by atoms with E-state index in [0.717, 1.165) is 19.3 Å². The molecule has 0 aromatic carbocycles. The average Bonchev–Trinajstić information content (AvgIpc) is 2.49. The summed E-state index contributed by atoms with van der Waals surface area (Å²) in [6.07, 6.45) is 14.0. The Hall–Kier alpha value is -0.900. The molecular weight excluding hydrogens is 278 g/mol. The number of unbranched alkanes of at least 4 members (excludes halogenated alkanes) is 10. The van der Waals surface area contributed by atoms with Crippen LogP contribution in [0.2, 0.25) is 0 Å². The molecule has 0 radical (unpaired) electrons. The van der Waals surface area contributed by atoms with E-state index in [9.17, 15) is 9.59 Å². The van der Waals surface area contributed by atoms with Gasteiger partial charge in [0.1, 0.15) is 11.7 Å². The molecule has 2 N–H and O–H groups in total. The minimum Gasteiger partial charge on any atom is -0.481 e. The lowest BCUT2D eigenvalue weighted by molar-refractivity contribution is -0.146. The first kappa shape index (κ1) is 21.1. The third kappa shape index (κ3) is 11.7. The molecule has 4 heteroatoms. The zero-order valence-corrected chi connectivity index (χ0v) is 14.5. The van der Waals surface area contributed by atoms with Crippen LogP contribution in [-0.2, 0) is 9.59 Å². The SMILES string of the molecule is CCCCCCCCCCCCCC(=O)C(CNC)C(=O)O. The summed E-state index contributed by atoms with van der Waals surface area (Å²) >= 11 is 0. The Morgan fingerprint density at radius 3 is 1.73 bits per heavy atom. The number of ketones is 1. The Morgan fingerprint density at radius 1 is 0.864 bits per heavy atom. The molecule has 4 nitrogen and oxygen atoms in total. The Kier molecular flexibility index (Phi) is 14.4. The van der Waals surface area contributed by atoms with Crippen LogP contribution in [0.5, 0.6) is 0 Å². The maximum atomic E-state index is 11.8. The van der Waals surface area contributed by atoms with Gasteiger partial charge in [0, 0.05) is 13.0 Å². The van der Waals surface area contributed by atoms with E-state index in [4.69, 9.17) is 5.11 Å². The summed E-state index contributed by atoms with van der Waals surface area (Å²) in [6.45, 7) is 2.47. The second-order valence-electron chi connectivity index (χ2n) is 6.20. The van der Waals surface area contributed by atoms with Crippen LogP contribution < -0.4 is 5.32 Å². The summed E-state index contributed by atoms with van der Waals surface area (Å²) in [5, 5.41) is 11.8. The first-order valence-corrected chi connectivity index (χ1v) is 9.03. The lowest BCUT2D eigenvalue weighted by atomic mass is 9.98. The third-order valence-corrected chi connectivity index (χ3v) is 4.12. The molecule has 0 bridgehead atoms. The number of Topliss-reactive ketones (excluding diaryl/α,β-unsaturated/α-hetero) is 1. The number of carboxylic acid groups (broad SMARTS) is 1. The molecule has 1 unspecified atom stereocenters. The summed E-state index contributed by atoms with van der Waals surface area (Å²) in [5.41, 5.74) is 0. The van der Waals surface area contributed by atoms with Gasteiger partial charge in [-0.25, -0.2) is 0 Å². The number of hydrogen-bond acceptors (Lipinski definition) is 3. The van der Waals surface area contributed by atoms with Crippen molar-refractivity contribution in [3.63, 3.8) is 0 Å². The van der Waals surface area contributed by atoms with Gasteiger partial charge in [-0.1, -0.05) is 71.1 Å². The summed E-state index contributed by atoms with van der Waals surface area (Å²) < 4.78 is 0. The van der Waals surface area contributed by atoms with Crippen LogP contribution in [0.3, 0.4) is 0 Å². The molecule has 0 aromatic heterocycles. The minimum absolute atomic E-state index is 0.141. The molecule has 0 rings (SSSR count). The number of hydrogen-bond donors (Lipinski definition) is 2. The largest absolute Gasteiger partial charge is 0.481 e. The van der Waals surface area contributed by atoms with Crippen molar-refractivity contribution in [3.8, 4) is 0 Å². The number of nitrogens with one attached hydrogen (secondary N) is 1. The molecule has 0 aliphatic heterocycles. The molecule has 130 valence electrons. The molecule has 0 amide bonds. The Labute approximate surface area is 136 Å². The highest BCUT2D eigenvalue weighted by Gasteiger charge is 2.24. The molecule has 0 aromatic rings. The molecule has 0 aliphatic rings. The van der Waals surface area contributed by atoms with Gasteiger partial charge in [-0.05, 0) is 13.5 Å². The van der Waals surface area contributed by atoms with Gasteiger partial charge < -0.3 is 10.4 Å². The van der Waals surface area contributed by atoms with Crippen molar-refractivity contribution in [2.45, 2.75) is 84.0 Å². The Balaban J connectivity index is 3.45. The van der Waals surface area contributed by atoms with Crippen LogP contribution in [0.15, 0.2) is 0 Å². The summed E-state index contributed by atoms with van der Waals surface area (Å²) in [5.74, 6) is -2.03. The lowest BCUT2D eigenvalue weighted by Gasteiger charge is -2.10. The predicted octanol–water partition coefficient (Wildman–Crippen LogP) is 4.18. The molecule has 0 fully saturated rings. The van der Waals surface area contributed by atoms with Crippen LogP contribution in [0.25, 0.3) is 0 Å².